The van der Waals surface area contributed by atoms with Crippen LogP contribution in [0.2, 0.25) is 0 Å². The molecule has 0 aliphatic heterocycles. The molecule has 3 N–H and O–H groups in total. The van der Waals surface area contributed by atoms with Crippen LogP contribution in [0.15, 0.2) is 48.5 Å². The third kappa shape index (κ3) is 5.18. The first-order valence-corrected chi connectivity index (χ1v) is 7.59. The number of carbonyl (C=O) groups is 1. The maximum absolute atomic E-state index is 10.9. The molecule has 2 aromatic rings. The van der Waals surface area contributed by atoms with Crippen molar-refractivity contribution in [2.24, 2.45) is 0 Å². The van der Waals surface area contributed by atoms with Crippen LogP contribution in [0.5, 0.6) is 5.75 Å². The Hall–Kier alpha value is -2.75. The van der Waals surface area contributed by atoms with Crippen LogP contribution >= 0.6 is 0 Å². The summed E-state index contributed by atoms with van der Waals surface area (Å²) in [4.78, 5) is 10.9. The Morgan fingerprint density at radius 2 is 1.74 bits per heavy atom. The van der Waals surface area contributed by atoms with Crippen LogP contribution in [0, 0.1) is 0 Å². The molecule has 0 radical (unpaired) electrons. The highest BCUT2D eigenvalue weighted by Crippen LogP contribution is 2.25. The van der Waals surface area contributed by atoms with Crippen molar-refractivity contribution in [3.05, 3.63) is 59.7 Å². The number of carboxylic acid groups (broad SMARTS) is 1. The molecule has 0 saturated heterocycles. The summed E-state index contributed by atoms with van der Waals surface area (Å²) in [7, 11) is 0. The normalized spacial score (nSPS) is 11.3. The van der Waals surface area contributed by atoms with Gasteiger partial charge in [-0.05, 0) is 54.3 Å². The molecule has 0 bridgehead atoms. The molecule has 0 atom stereocenters. The third-order valence-corrected chi connectivity index (χ3v) is 3.42. The summed E-state index contributed by atoms with van der Waals surface area (Å²) in [5.74, 6) is 0.0160. The van der Waals surface area contributed by atoms with Crippen molar-refractivity contribution in [3.8, 4) is 5.75 Å². The Balaban J connectivity index is 2.27. The van der Waals surface area contributed by atoms with Gasteiger partial charge in [-0.15, -0.1) is 0 Å². The maximum Gasteiger partial charge on any atom is 0.303 e. The monoisotopic (exact) mass is 311 g/mol. The third-order valence-electron chi connectivity index (χ3n) is 3.42. The summed E-state index contributed by atoms with van der Waals surface area (Å²) in [5, 5.41) is 8.95. The summed E-state index contributed by atoms with van der Waals surface area (Å²) in [6.45, 7) is 2.57. The molecular formula is C19H21NO3. The van der Waals surface area contributed by atoms with E-state index in [-0.39, 0.29) is 6.42 Å². The molecule has 0 aromatic heterocycles. The van der Waals surface area contributed by atoms with E-state index in [4.69, 9.17) is 15.6 Å². The predicted octanol–water partition coefficient (Wildman–Crippen LogP) is 4.07. The smallest absolute Gasteiger partial charge is 0.303 e. The number of anilines is 1. The van der Waals surface area contributed by atoms with Gasteiger partial charge in [0.05, 0.1) is 6.61 Å². The zero-order valence-corrected chi connectivity index (χ0v) is 13.2. The van der Waals surface area contributed by atoms with E-state index in [2.05, 4.69) is 0 Å². The van der Waals surface area contributed by atoms with Crippen LogP contribution in [0.3, 0.4) is 0 Å². The molecule has 2 rings (SSSR count). The fourth-order valence-corrected chi connectivity index (χ4v) is 2.27. The second-order valence-electron chi connectivity index (χ2n) is 5.19. The van der Waals surface area contributed by atoms with Gasteiger partial charge in [0.2, 0.25) is 0 Å². The molecule has 0 fully saturated rings. The Morgan fingerprint density at radius 1 is 1.09 bits per heavy atom. The summed E-state index contributed by atoms with van der Waals surface area (Å²) in [6, 6.07) is 15.2. The first-order chi connectivity index (χ1) is 11.1. The van der Waals surface area contributed by atoms with E-state index in [0.717, 1.165) is 22.4 Å². The lowest BCUT2D eigenvalue weighted by Crippen LogP contribution is -1.96. The molecule has 2 aromatic carbocycles. The van der Waals surface area contributed by atoms with Crippen LogP contribution in [0.25, 0.3) is 11.6 Å². The van der Waals surface area contributed by atoms with Gasteiger partial charge in [0.1, 0.15) is 5.75 Å². The van der Waals surface area contributed by atoms with Crippen LogP contribution in [-0.2, 0) is 4.79 Å². The molecule has 0 aliphatic rings. The number of hydrogen-bond acceptors (Lipinski definition) is 3. The van der Waals surface area contributed by atoms with E-state index in [1.165, 1.54) is 0 Å². The van der Waals surface area contributed by atoms with Gasteiger partial charge in [0.25, 0.3) is 0 Å². The summed E-state index contributed by atoms with van der Waals surface area (Å²) in [5.41, 5.74) is 9.36. The maximum atomic E-state index is 10.9. The number of nitrogen functional groups attached to an aromatic ring is 1. The molecule has 0 amide bonds. The highest BCUT2D eigenvalue weighted by Gasteiger charge is 2.06. The lowest BCUT2D eigenvalue weighted by molar-refractivity contribution is -0.136. The Labute approximate surface area is 136 Å². The van der Waals surface area contributed by atoms with E-state index < -0.39 is 5.97 Å². The molecule has 4 heteroatoms. The molecule has 0 spiro atoms. The van der Waals surface area contributed by atoms with Crippen LogP contribution in [-0.4, -0.2) is 17.7 Å². The van der Waals surface area contributed by atoms with Gasteiger partial charge in [-0.2, -0.15) is 0 Å². The average Bonchev–Trinajstić information content (AvgIpc) is 2.54. The Kier molecular flexibility index (Phi) is 5.80. The van der Waals surface area contributed by atoms with Crippen molar-refractivity contribution < 1.29 is 14.6 Å². The van der Waals surface area contributed by atoms with Crippen LogP contribution < -0.4 is 10.5 Å². The summed E-state index contributed by atoms with van der Waals surface area (Å²) in [6.07, 6.45) is 2.56. The van der Waals surface area contributed by atoms with E-state index in [0.29, 0.717) is 18.7 Å². The standard InChI is InChI=1S/C19H21NO3/c1-2-23-18-10-3-14(4-11-18)13-16(7-12-19(21)22)15-5-8-17(20)9-6-15/h3-6,8-11,13H,2,7,12,20H2,1H3,(H,21,22). The number of carboxylic acids is 1. The lowest BCUT2D eigenvalue weighted by Gasteiger charge is -2.08. The fourth-order valence-electron chi connectivity index (χ4n) is 2.27. The van der Waals surface area contributed by atoms with Gasteiger partial charge in [-0.1, -0.05) is 30.3 Å². The number of nitrogens with two attached hydrogens (primary N) is 1. The Bertz CT molecular complexity index is 673. The molecule has 0 aliphatic carbocycles. The topological polar surface area (TPSA) is 72.5 Å². The van der Waals surface area contributed by atoms with Gasteiger partial charge >= 0.3 is 5.97 Å². The van der Waals surface area contributed by atoms with Gasteiger partial charge in [0, 0.05) is 12.1 Å². The predicted molar refractivity (Wildman–Crippen MR) is 93.2 cm³/mol. The number of ether oxygens (including phenoxy) is 1. The number of aliphatic carboxylic acids is 1. The quantitative estimate of drug-likeness (QED) is 0.597. The van der Waals surface area contributed by atoms with Crippen molar-refractivity contribution in [1.29, 1.82) is 0 Å². The Morgan fingerprint density at radius 3 is 2.30 bits per heavy atom. The molecule has 0 heterocycles. The first kappa shape index (κ1) is 16.6. The second kappa shape index (κ2) is 8.03. The van der Waals surface area contributed by atoms with Gasteiger partial charge in [0.15, 0.2) is 0 Å². The molecule has 0 unspecified atom stereocenters. The highest BCUT2D eigenvalue weighted by atomic mass is 16.5. The number of benzene rings is 2. The van der Waals surface area contributed by atoms with Crippen molar-refractivity contribution in [1.82, 2.24) is 0 Å². The molecule has 4 nitrogen and oxygen atoms in total. The van der Waals surface area contributed by atoms with Crippen LogP contribution in [0.4, 0.5) is 5.69 Å². The van der Waals surface area contributed by atoms with E-state index in [1.54, 1.807) is 0 Å². The van der Waals surface area contributed by atoms with Crippen molar-refractivity contribution in [2.45, 2.75) is 19.8 Å². The van der Waals surface area contributed by atoms with E-state index >= 15 is 0 Å². The molecule has 0 saturated carbocycles. The highest BCUT2D eigenvalue weighted by molar-refractivity contribution is 5.83. The average molecular weight is 311 g/mol. The van der Waals surface area contributed by atoms with Gasteiger partial charge in [-0.25, -0.2) is 0 Å². The van der Waals surface area contributed by atoms with Crippen LogP contribution in [0.1, 0.15) is 30.9 Å². The number of allylic oxidation sites excluding steroid dienone is 1. The minimum atomic E-state index is -0.807. The molecule has 23 heavy (non-hydrogen) atoms. The van der Waals surface area contributed by atoms with Gasteiger partial charge in [-0.3, -0.25) is 4.79 Å². The molecule has 120 valence electrons. The fraction of sp³-hybridized carbons (Fsp3) is 0.211. The van der Waals surface area contributed by atoms with E-state index in [9.17, 15) is 4.79 Å². The minimum absolute atomic E-state index is 0.0905. The van der Waals surface area contributed by atoms with Crippen molar-refractivity contribution in [2.75, 3.05) is 12.3 Å². The number of hydrogen-bond donors (Lipinski definition) is 2. The molecular weight excluding hydrogens is 290 g/mol. The summed E-state index contributed by atoms with van der Waals surface area (Å²) >= 11 is 0. The summed E-state index contributed by atoms with van der Waals surface area (Å²) < 4.78 is 5.43. The zero-order chi connectivity index (χ0) is 16.7. The minimum Gasteiger partial charge on any atom is -0.494 e. The first-order valence-electron chi connectivity index (χ1n) is 7.59. The van der Waals surface area contributed by atoms with Gasteiger partial charge < -0.3 is 15.6 Å². The van der Waals surface area contributed by atoms with Crippen molar-refractivity contribution >= 4 is 23.3 Å². The number of rotatable bonds is 7. The zero-order valence-electron chi connectivity index (χ0n) is 13.2. The largest absolute Gasteiger partial charge is 0.494 e. The van der Waals surface area contributed by atoms with Crippen molar-refractivity contribution in [3.63, 3.8) is 0 Å². The second-order valence-corrected chi connectivity index (χ2v) is 5.19. The SMILES string of the molecule is CCOc1ccc(C=C(CCC(=O)O)c2ccc(N)cc2)cc1. The van der Waals surface area contributed by atoms with E-state index in [1.807, 2.05) is 61.5 Å². The lowest BCUT2D eigenvalue weighted by atomic mass is 9.98.